The van der Waals surface area contributed by atoms with Crippen molar-refractivity contribution in [2.24, 2.45) is 0 Å². The van der Waals surface area contributed by atoms with Crippen LogP contribution in [0.1, 0.15) is 17.2 Å². The Kier molecular flexibility index (Phi) is 8.32. The van der Waals surface area contributed by atoms with Gasteiger partial charge in [-0.25, -0.2) is 0 Å². The van der Waals surface area contributed by atoms with E-state index in [1.807, 2.05) is 36.4 Å². The number of halogens is 1. The second-order valence-corrected chi connectivity index (χ2v) is 5.25. The molecule has 0 heterocycles. The van der Waals surface area contributed by atoms with Crippen molar-refractivity contribution >= 4 is 0 Å². The zero-order valence-corrected chi connectivity index (χ0v) is 13.8. The van der Waals surface area contributed by atoms with Gasteiger partial charge in [0.05, 0.1) is 14.1 Å². The highest BCUT2D eigenvalue weighted by Gasteiger charge is 2.13. The fourth-order valence-electron chi connectivity index (χ4n) is 2.06. The van der Waals surface area contributed by atoms with E-state index in [4.69, 9.17) is 4.74 Å². The second-order valence-electron chi connectivity index (χ2n) is 5.25. The van der Waals surface area contributed by atoms with Crippen molar-refractivity contribution in [3.05, 3.63) is 71.8 Å². The zero-order valence-electron chi connectivity index (χ0n) is 13.1. The number of hydrogen-bond acceptors (Lipinski definition) is 1. The van der Waals surface area contributed by atoms with Gasteiger partial charge in [0.25, 0.3) is 0 Å². The number of benzene rings is 2. The summed E-state index contributed by atoms with van der Waals surface area (Å²) >= 11 is 0. The molecule has 0 aliphatic rings. The number of ether oxygens (including phenoxy) is 1. The van der Waals surface area contributed by atoms with Crippen LogP contribution in [0.3, 0.4) is 0 Å². The van der Waals surface area contributed by atoms with Crippen molar-refractivity contribution < 1.29 is 22.0 Å². The first-order valence-electron chi connectivity index (χ1n) is 7.23. The van der Waals surface area contributed by atoms with E-state index in [0.717, 1.165) is 17.7 Å². The normalized spacial score (nSPS) is 10.0. The lowest BCUT2D eigenvalue weighted by Gasteiger charge is -2.17. The molecule has 2 nitrogen and oxygen atoms in total. The summed E-state index contributed by atoms with van der Waals surface area (Å²) < 4.78 is 6.01. The van der Waals surface area contributed by atoms with E-state index in [1.165, 1.54) is 4.90 Å². The number of rotatable bonds is 5. The van der Waals surface area contributed by atoms with Gasteiger partial charge < -0.3 is 22.0 Å². The minimum atomic E-state index is -0.0617. The van der Waals surface area contributed by atoms with Crippen molar-refractivity contribution in [1.29, 1.82) is 0 Å². The van der Waals surface area contributed by atoms with Gasteiger partial charge in [-0.05, 0) is 17.0 Å². The van der Waals surface area contributed by atoms with Crippen LogP contribution in [-0.4, -0.2) is 27.2 Å². The summed E-state index contributed by atoms with van der Waals surface area (Å²) in [6.45, 7) is 1.28. The second kappa shape index (κ2) is 10.0. The van der Waals surface area contributed by atoms with E-state index in [9.17, 15) is 0 Å². The molecular formula is C19H22ClNO. The van der Waals surface area contributed by atoms with Gasteiger partial charge in [-0.3, -0.25) is 0 Å². The molecule has 0 radical (unpaired) electrons. The van der Waals surface area contributed by atoms with Crippen LogP contribution in [0.5, 0.6) is 0 Å². The van der Waals surface area contributed by atoms with Crippen LogP contribution in [0.4, 0.5) is 0 Å². The fraction of sp³-hybridized carbons (Fsp3) is 0.263. The van der Waals surface area contributed by atoms with Crippen molar-refractivity contribution in [1.82, 2.24) is 0 Å². The molecule has 0 aliphatic carbocycles. The molecule has 0 bridgehead atoms. The molecule has 2 rings (SSSR count). The summed E-state index contributed by atoms with van der Waals surface area (Å²) in [5, 5.41) is 0. The highest BCUT2D eigenvalue weighted by Crippen LogP contribution is 2.25. The first-order chi connectivity index (χ1) is 10.3. The monoisotopic (exact) mass is 315 g/mol. The van der Waals surface area contributed by atoms with Crippen LogP contribution < -0.4 is 17.3 Å². The van der Waals surface area contributed by atoms with Crippen LogP contribution in [0.15, 0.2) is 60.7 Å². The van der Waals surface area contributed by atoms with Gasteiger partial charge in [-0.2, -0.15) is 0 Å². The van der Waals surface area contributed by atoms with Gasteiger partial charge in [0.2, 0.25) is 0 Å². The lowest BCUT2D eigenvalue weighted by Crippen LogP contribution is -3.05. The molecule has 0 saturated heterocycles. The Morgan fingerprint density at radius 1 is 0.864 bits per heavy atom. The molecule has 0 unspecified atom stereocenters. The molecular weight excluding hydrogens is 294 g/mol. The third-order valence-electron chi connectivity index (χ3n) is 3.09. The number of hydrogen-bond donors (Lipinski definition) is 1. The third kappa shape index (κ3) is 5.91. The molecule has 22 heavy (non-hydrogen) atoms. The van der Waals surface area contributed by atoms with E-state index in [1.54, 1.807) is 0 Å². The average Bonchev–Trinajstić information content (AvgIpc) is 2.52. The Labute approximate surface area is 139 Å². The Bertz CT molecular complexity index is 548. The third-order valence-corrected chi connectivity index (χ3v) is 3.09. The Morgan fingerprint density at radius 3 is 1.82 bits per heavy atom. The van der Waals surface area contributed by atoms with E-state index in [0.29, 0.717) is 6.61 Å². The van der Waals surface area contributed by atoms with Gasteiger partial charge in [-0.1, -0.05) is 66.6 Å². The first-order valence-corrected chi connectivity index (χ1v) is 7.23. The molecule has 3 heteroatoms. The Balaban J connectivity index is 0.00000242. The summed E-state index contributed by atoms with van der Waals surface area (Å²) in [6, 6.07) is 20.6. The van der Waals surface area contributed by atoms with Gasteiger partial charge in [0.1, 0.15) is 19.3 Å². The van der Waals surface area contributed by atoms with Crippen molar-refractivity contribution in [3.8, 4) is 11.8 Å². The molecule has 0 aliphatic heterocycles. The maximum atomic E-state index is 6.01. The lowest BCUT2D eigenvalue weighted by molar-refractivity contribution is -0.850. The van der Waals surface area contributed by atoms with Gasteiger partial charge in [-0.15, -0.1) is 0 Å². The molecule has 0 spiro atoms. The minimum Gasteiger partial charge on any atom is -1.00 e. The molecule has 0 saturated carbocycles. The summed E-state index contributed by atoms with van der Waals surface area (Å²) in [4.78, 5) is 1.32. The highest BCUT2D eigenvalue weighted by molar-refractivity contribution is 5.30. The highest BCUT2D eigenvalue weighted by atomic mass is 35.5. The SMILES string of the molecule is C[NH+](C)CC#CCOC(c1ccccc1)c1ccccc1.[Cl-]. The van der Waals surface area contributed by atoms with Crippen molar-refractivity contribution in [2.75, 3.05) is 27.2 Å². The molecule has 2 aromatic rings. The van der Waals surface area contributed by atoms with E-state index < -0.39 is 0 Å². The summed E-state index contributed by atoms with van der Waals surface area (Å²) in [6.07, 6.45) is -0.0617. The van der Waals surface area contributed by atoms with Crippen LogP contribution in [0, 0.1) is 11.8 Å². The van der Waals surface area contributed by atoms with E-state index in [-0.39, 0.29) is 18.5 Å². The van der Waals surface area contributed by atoms with Gasteiger partial charge in [0.15, 0.2) is 0 Å². The van der Waals surface area contributed by atoms with Gasteiger partial charge in [0, 0.05) is 0 Å². The van der Waals surface area contributed by atoms with Crippen LogP contribution in [-0.2, 0) is 4.74 Å². The smallest absolute Gasteiger partial charge is 0.139 e. The van der Waals surface area contributed by atoms with E-state index >= 15 is 0 Å². The van der Waals surface area contributed by atoms with Crippen molar-refractivity contribution in [2.45, 2.75) is 6.10 Å². The average molecular weight is 316 g/mol. The van der Waals surface area contributed by atoms with E-state index in [2.05, 4.69) is 50.2 Å². The van der Waals surface area contributed by atoms with Gasteiger partial charge >= 0.3 is 0 Å². The van der Waals surface area contributed by atoms with Crippen LogP contribution >= 0.6 is 0 Å². The summed E-state index contributed by atoms with van der Waals surface area (Å²) in [7, 11) is 4.18. The quantitative estimate of drug-likeness (QED) is 0.695. The zero-order chi connectivity index (χ0) is 14.9. The molecule has 0 amide bonds. The maximum absolute atomic E-state index is 6.01. The standard InChI is InChI=1S/C19H21NO.ClH/c1-20(2)15-9-10-16-21-19(17-11-5-3-6-12-17)18-13-7-4-8-14-18;/h3-8,11-14,19H,15-16H2,1-2H3;1H. The fourth-order valence-corrected chi connectivity index (χ4v) is 2.06. The maximum Gasteiger partial charge on any atom is 0.139 e. The summed E-state index contributed by atoms with van der Waals surface area (Å²) in [5.74, 6) is 6.22. The minimum absolute atomic E-state index is 0. The Morgan fingerprint density at radius 2 is 1.36 bits per heavy atom. The number of quaternary nitrogens is 1. The Hall–Kier alpha value is -1.79. The molecule has 116 valence electrons. The first kappa shape index (κ1) is 18.3. The summed E-state index contributed by atoms with van der Waals surface area (Å²) in [5.41, 5.74) is 2.31. The van der Waals surface area contributed by atoms with Crippen molar-refractivity contribution in [3.63, 3.8) is 0 Å². The molecule has 2 aromatic carbocycles. The molecule has 0 aromatic heterocycles. The lowest BCUT2D eigenvalue weighted by atomic mass is 10.0. The predicted octanol–water partition coefficient (Wildman–Crippen LogP) is -1.06. The van der Waals surface area contributed by atoms with Crippen LogP contribution in [0.25, 0.3) is 0 Å². The van der Waals surface area contributed by atoms with Crippen LogP contribution in [0.2, 0.25) is 0 Å². The predicted molar refractivity (Wildman–Crippen MR) is 86.1 cm³/mol. The molecule has 0 fully saturated rings. The molecule has 0 atom stereocenters. The molecule has 1 N–H and O–H groups in total. The topological polar surface area (TPSA) is 13.7 Å². The number of nitrogens with one attached hydrogen (secondary N) is 1. The largest absolute Gasteiger partial charge is 1.00 e.